The normalized spacial score (nSPS) is 8.71. The summed E-state index contributed by atoms with van der Waals surface area (Å²) in [6.45, 7) is 1.93. The highest BCUT2D eigenvalue weighted by Gasteiger charge is 1.98. The molecule has 14 heavy (non-hydrogen) atoms. The maximum absolute atomic E-state index is 9.98. The molecule has 0 aliphatic heterocycles. The molecule has 0 amide bonds. The second-order valence-corrected chi connectivity index (χ2v) is 2.66. The predicted octanol–water partition coefficient (Wildman–Crippen LogP) is 1.10. The molecule has 0 atom stereocenters. The Morgan fingerprint density at radius 3 is 1.43 bits per heavy atom. The first-order chi connectivity index (χ1) is 6.54. The molecular formula is C9H18O5. The van der Waals surface area contributed by atoms with Gasteiger partial charge < -0.3 is 15.3 Å². The number of carboxylic acid groups (broad SMARTS) is 2. The molecule has 0 rings (SSSR count). The number of hydrogen-bond donors (Lipinski definition) is 3. The van der Waals surface area contributed by atoms with Crippen LogP contribution in [0.25, 0.3) is 0 Å². The van der Waals surface area contributed by atoms with Gasteiger partial charge in [0.1, 0.15) is 0 Å². The van der Waals surface area contributed by atoms with E-state index in [9.17, 15) is 9.59 Å². The number of aliphatic hydroxyl groups is 1. The number of hydrogen-bond acceptors (Lipinski definition) is 3. The highest BCUT2D eigenvalue weighted by molar-refractivity contribution is 5.67. The Bertz CT molecular complexity index is 139. The minimum Gasteiger partial charge on any atom is -0.481 e. The topological polar surface area (TPSA) is 94.8 Å². The van der Waals surface area contributed by atoms with E-state index >= 15 is 0 Å². The predicted molar refractivity (Wildman–Crippen MR) is 51.1 cm³/mol. The second kappa shape index (κ2) is 11.9. The molecule has 5 heteroatoms. The summed E-state index contributed by atoms with van der Waals surface area (Å²) in [6.07, 6.45) is 2.10. The number of rotatable bonds is 6. The standard InChI is InChI=1S/C7H12O4.C2H6O/c8-6(9)4-2-1-3-5-7(10)11;1-2-3/h1-5H2,(H,8,9)(H,10,11);3H,2H2,1H3. The van der Waals surface area contributed by atoms with Crippen LogP contribution in [0.2, 0.25) is 0 Å². The summed E-state index contributed by atoms with van der Waals surface area (Å²) in [6, 6.07) is 0. The molecule has 0 aliphatic rings. The highest BCUT2D eigenvalue weighted by atomic mass is 16.4. The summed E-state index contributed by atoms with van der Waals surface area (Å²) in [5, 5.41) is 24.0. The van der Waals surface area contributed by atoms with E-state index in [1.165, 1.54) is 0 Å². The van der Waals surface area contributed by atoms with Crippen LogP contribution in [0.4, 0.5) is 0 Å². The number of aliphatic hydroxyl groups excluding tert-OH is 1. The zero-order valence-electron chi connectivity index (χ0n) is 8.40. The third kappa shape index (κ3) is 22.4. The molecule has 5 nitrogen and oxygen atoms in total. The minimum atomic E-state index is -0.819. The molecule has 0 unspecified atom stereocenters. The molecule has 0 saturated carbocycles. The first kappa shape index (κ1) is 15.4. The van der Waals surface area contributed by atoms with Crippen molar-refractivity contribution in [1.29, 1.82) is 0 Å². The van der Waals surface area contributed by atoms with Crippen LogP contribution < -0.4 is 0 Å². The van der Waals surface area contributed by atoms with Gasteiger partial charge in [0.15, 0.2) is 0 Å². The fourth-order valence-electron chi connectivity index (χ4n) is 0.729. The van der Waals surface area contributed by atoms with Gasteiger partial charge in [0.05, 0.1) is 0 Å². The molecule has 84 valence electrons. The monoisotopic (exact) mass is 206 g/mol. The van der Waals surface area contributed by atoms with Gasteiger partial charge in [-0.2, -0.15) is 0 Å². The van der Waals surface area contributed by atoms with E-state index in [1.54, 1.807) is 6.92 Å². The summed E-state index contributed by atoms with van der Waals surface area (Å²) >= 11 is 0. The molecule has 0 aliphatic carbocycles. The maximum Gasteiger partial charge on any atom is 0.303 e. The molecule has 0 aromatic rings. The van der Waals surface area contributed by atoms with Gasteiger partial charge in [-0.25, -0.2) is 0 Å². The summed E-state index contributed by atoms with van der Waals surface area (Å²) < 4.78 is 0. The van der Waals surface area contributed by atoms with Crippen molar-refractivity contribution in [2.75, 3.05) is 6.61 Å². The summed E-state index contributed by atoms with van der Waals surface area (Å²) in [7, 11) is 0. The van der Waals surface area contributed by atoms with E-state index in [1.807, 2.05) is 0 Å². The van der Waals surface area contributed by atoms with Crippen LogP contribution in [0.5, 0.6) is 0 Å². The van der Waals surface area contributed by atoms with Crippen LogP contribution in [-0.2, 0) is 9.59 Å². The van der Waals surface area contributed by atoms with Crippen molar-refractivity contribution in [3.63, 3.8) is 0 Å². The molecule has 3 N–H and O–H groups in total. The second-order valence-electron chi connectivity index (χ2n) is 2.66. The lowest BCUT2D eigenvalue weighted by Gasteiger charge is -1.94. The van der Waals surface area contributed by atoms with Crippen LogP contribution in [0.3, 0.4) is 0 Å². The van der Waals surface area contributed by atoms with Gasteiger partial charge in [0, 0.05) is 19.4 Å². The molecule has 0 aromatic carbocycles. The number of aliphatic carboxylic acids is 2. The first-order valence-corrected chi connectivity index (χ1v) is 4.59. The van der Waals surface area contributed by atoms with Crippen LogP contribution in [0, 0.1) is 0 Å². The van der Waals surface area contributed by atoms with Gasteiger partial charge in [0.2, 0.25) is 0 Å². The SMILES string of the molecule is CCO.O=C(O)CCCCCC(=O)O. The summed E-state index contributed by atoms with van der Waals surface area (Å²) in [5.74, 6) is -1.64. The van der Waals surface area contributed by atoms with E-state index in [4.69, 9.17) is 15.3 Å². The quantitative estimate of drug-likeness (QED) is 0.566. The van der Waals surface area contributed by atoms with Crippen molar-refractivity contribution >= 4 is 11.9 Å². The molecule has 0 fully saturated rings. The lowest BCUT2D eigenvalue weighted by molar-refractivity contribution is -0.137. The zero-order chi connectivity index (χ0) is 11.4. The molecule has 0 bridgehead atoms. The van der Waals surface area contributed by atoms with Crippen LogP contribution in [0.15, 0.2) is 0 Å². The molecule has 0 heterocycles. The minimum absolute atomic E-state index is 0.139. The lowest BCUT2D eigenvalue weighted by Crippen LogP contribution is -1.96. The molecule has 0 aromatic heterocycles. The van der Waals surface area contributed by atoms with Gasteiger partial charge in [-0.05, 0) is 19.8 Å². The zero-order valence-corrected chi connectivity index (χ0v) is 8.40. The average Bonchev–Trinajstić information content (AvgIpc) is 2.04. The summed E-state index contributed by atoms with van der Waals surface area (Å²) in [4.78, 5) is 20.0. The highest BCUT2D eigenvalue weighted by Crippen LogP contribution is 2.02. The van der Waals surface area contributed by atoms with Crippen LogP contribution in [0.1, 0.15) is 39.0 Å². The van der Waals surface area contributed by atoms with Gasteiger partial charge in [-0.1, -0.05) is 6.42 Å². The van der Waals surface area contributed by atoms with Gasteiger partial charge in [0.25, 0.3) is 0 Å². The number of unbranched alkanes of at least 4 members (excludes halogenated alkanes) is 2. The number of carbonyl (C=O) groups is 2. The largest absolute Gasteiger partial charge is 0.481 e. The van der Waals surface area contributed by atoms with Crippen LogP contribution >= 0.6 is 0 Å². The Kier molecular flexibility index (Phi) is 13.1. The van der Waals surface area contributed by atoms with Crippen molar-refractivity contribution < 1.29 is 24.9 Å². The van der Waals surface area contributed by atoms with E-state index in [2.05, 4.69) is 0 Å². The molecular weight excluding hydrogens is 188 g/mol. The Morgan fingerprint density at radius 2 is 1.21 bits per heavy atom. The van der Waals surface area contributed by atoms with E-state index < -0.39 is 11.9 Å². The third-order valence-electron chi connectivity index (χ3n) is 1.28. The van der Waals surface area contributed by atoms with Crippen LogP contribution in [-0.4, -0.2) is 33.9 Å². The van der Waals surface area contributed by atoms with Gasteiger partial charge in [-0.15, -0.1) is 0 Å². The average molecular weight is 206 g/mol. The fraction of sp³-hybridized carbons (Fsp3) is 0.778. The van der Waals surface area contributed by atoms with E-state index in [-0.39, 0.29) is 19.4 Å². The Hall–Kier alpha value is -1.10. The van der Waals surface area contributed by atoms with Gasteiger partial charge >= 0.3 is 11.9 Å². The Morgan fingerprint density at radius 1 is 0.929 bits per heavy atom. The van der Waals surface area contributed by atoms with Gasteiger partial charge in [-0.3, -0.25) is 9.59 Å². The van der Waals surface area contributed by atoms with Crippen molar-refractivity contribution in [2.24, 2.45) is 0 Å². The van der Waals surface area contributed by atoms with Crippen molar-refractivity contribution in [1.82, 2.24) is 0 Å². The Labute approximate surface area is 83.4 Å². The fourth-order valence-corrected chi connectivity index (χ4v) is 0.729. The lowest BCUT2D eigenvalue weighted by atomic mass is 10.1. The number of carboxylic acids is 2. The van der Waals surface area contributed by atoms with Crippen molar-refractivity contribution in [3.8, 4) is 0 Å². The van der Waals surface area contributed by atoms with Crippen molar-refractivity contribution in [2.45, 2.75) is 39.0 Å². The van der Waals surface area contributed by atoms with E-state index in [0.29, 0.717) is 19.3 Å². The summed E-state index contributed by atoms with van der Waals surface area (Å²) in [5.41, 5.74) is 0. The Balaban J connectivity index is 0. The molecule has 0 spiro atoms. The molecule has 0 saturated heterocycles. The third-order valence-corrected chi connectivity index (χ3v) is 1.28. The first-order valence-electron chi connectivity index (χ1n) is 4.59. The molecule has 0 radical (unpaired) electrons. The maximum atomic E-state index is 9.98. The smallest absolute Gasteiger partial charge is 0.303 e. The van der Waals surface area contributed by atoms with E-state index in [0.717, 1.165) is 0 Å². The van der Waals surface area contributed by atoms with Crippen molar-refractivity contribution in [3.05, 3.63) is 0 Å².